The van der Waals surface area contributed by atoms with Gasteiger partial charge in [0, 0.05) is 60.3 Å². The van der Waals surface area contributed by atoms with Crippen LogP contribution in [0.25, 0.3) is 0 Å². The van der Waals surface area contributed by atoms with Crippen LogP contribution >= 0.6 is 15.9 Å². The molecule has 2 aromatic carbocycles. The lowest BCUT2D eigenvalue weighted by molar-refractivity contribution is -0.157. The van der Waals surface area contributed by atoms with Gasteiger partial charge >= 0.3 is 12.2 Å². The van der Waals surface area contributed by atoms with Gasteiger partial charge in [-0.25, -0.2) is 9.59 Å². The second-order valence-corrected chi connectivity index (χ2v) is 16.9. The summed E-state index contributed by atoms with van der Waals surface area (Å²) in [7, 11) is 0. The summed E-state index contributed by atoms with van der Waals surface area (Å²) in [5, 5.41) is 0. The van der Waals surface area contributed by atoms with E-state index in [1.807, 2.05) is 12.1 Å². The van der Waals surface area contributed by atoms with E-state index in [1.54, 1.807) is 77.9 Å². The molecule has 6 rings (SSSR count). The summed E-state index contributed by atoms with van der Waals surface area (Å²) >= 11 is 3.35. The summed E-state index contributed by atoms with van der Waals surface area (Å²) in [5.41, 5.74) is 3.67. The van der Waals surface area contributed by atoms with Crippen molar-refractivity contribution in [2.24, 2.45) is 10.8 Å². The topological polar surface area (TPSA) is 194 Å². The summed E-state index contributed by atoms with van der Waals surface area (Å²) < 4.78 is 11.3. The van der Waals surface area contributed by atoms with E-state index in [-0.39, 0.29) is 63.4 Å². The van der Waals surface area contributed by atoms with Gasteiger partial charge in [-0.15, -0.1) is 0 Å². The molecule has 4 heterocycles. The van der Waals surface area contributed by atoms with E-state index in [1.165, 1.54) is 9.80 Å². The average molecular weight is 811 g/mol. The summed E-state index contributed by atoms with van der Waals surface area (Å²) in [4.78, 5) is 105. The van der Waals surface area contributed by atoms with Crippen LogP contribution in [0.15, 0.2) is 53.0 Å². The van der Waals surface area contributed by atoms with Crippen molar-refractivity contribution < 1.29 is 47.8 Å². The Morgan fingerprint density at radius 2 is 0.963 bits per heavy atom. The first-order valence-corrected chi connectivity index (χ1v) is 18.3. The number of ether oxygens (including phenoxy) is 2. The molecular weight excluding hydrogens is 766 g/mol. The fourth-order valence-corrected chi connectivity index (χ4v) is 7.11. The van der Waals surface area contributed by atoms with Gasteiger partial charge in [-0.2, -0.15) is 9.80 Å². The number of carbonyl (C=O) groups is 8. The lowest BCUT2D eigenvalue weighted by atomic mass is 9.78. The molecule has 2 aromatic rings. The zero-order chi connectivity index (χ0) is 40.0. The minimum atomic E-state index is -1.11. The minimum Gasteiger partial charge on any atom is -0.443 e. The van der Waals surface area contributed by atoms with Crippen molar-refractivity contribution in [3.63, 3.8) is 0 Å². The molecule has 16 heteroatoms. The average Bonchev–Trinajstić information content (AvgIpc) is 3.58. The van der Waals surface area contributed by atoms with Crippen LogP contribution < -0.4 is 15.5 Å². The van der Waals surface area contributed by atoms with E-state index in [4.69, 9.17) is 15.2 Å². The molecular formula is C38H44BrN5O10. The molecule has 2 atom stereocenters. The van der Waals surface area contributed by atoms with E-state index in [0.29, 0.717) is 26.9 Å². The molecule has 2 unspecified atom stereocenters. The lowest BCUT2D eigenvalue weighted by Crippen LogP contribution is -2.55. The number of rotatable bonds is 2. The monoisotopic (exact) mass is 809 g/mol. The number of halogens is 1. The third kappa shape index (κ3) is 8.32. The van der Waals surface area contributed by atoms with Gasteiger partial charge in [0.05, 0.1) is 10.8 Å². The van der Waals surface area contributed by atoms with E-state index in [9.17, 15) is 38.4 Å². The third-order valence-corrected chi connectivity index (χ3v) is 9.97. The van der Waals surface area contributed by atoms with Gasteiger partial charge in [-0.3, -0.25) is 28.8 Å². The zero-order valence-electron chi connectivity index (χ0n) is 31.1. The number of nitrogens with zero attached hydrogens (tertiary/aromatic N) is 4. The van der Waals surface area contributed by atoms with Crippen LogP contribution in [0.5, 0.6) is 0 Å². The van der Waals surface area contributed by atoms with Gasteiger partial charge in [-0.05, 0) is 103 Å². The molecule has 4 aliphatic rings. The number of benzene rings is 2. The number of nitrogens with two attached hydrogens (primary N) is 1. The predicted octanol–water partition coefficient (Wildman–Crippen LogP) is 5.33. The number of likely N-dealkylation sites (tertiary alicyclic amines) is 2. The van der Waals surface area contributed by atoms with Crippen molar-refractivity contribution in [2.45, 2.75) is 91.3 Å². The van der Waals surface area contributed by atoms with E-state index < -0.39 is 57.8 Å². The van der Waals surface area contributed by atoms with Crippen LogP contribution in [0, 0.1) is 10.8 Å². The van der Waals surface area contributed by atoms with Crippen molar-refractivity contribution >= 4 is 80.6 Å². The van der Waals surface area contributed by atoms with E-state index in [0.717, 1.165) is 4.47 Å². The molecule has 0 saturated carbocycles. The van der Waals surface area contributed by atoms with Crippen molar-refractivity contribution in [1.82, 2.24) is 9.80 Å². The number of imide groups is 6. The molecule has 0 bridgehead atoms. The lowest BCUT2D eigenvalue weighted by Gasteiger charge is -2.36. The molecule has 0 radical (unpaired) electrons. The summed E-state index contributed by atoms with van der Waals surface area (Å²) in [6.45, 7) is 10.2. The number of amides is 8. The summed E-state index contributed by atoms with van der Waals surface area (Å²) in [6, 6.07) is 13.9. The Bertz CT molecular complexity index is 1760. The Hall–Kier alpha value is -5.12. The smallest absolute Gasteiger partial charge is 0.424 e. The molecule has 2 N–H and O–H groups in total. The fourth-order valence-electron chi connectivity index (χ4n) is 6.85. The maximum Gasteiger partial charge on any atom is 0.424 e. The highest BCUT2D eigenvalue weighted by Gasteiger charge is 2.57. The van der Waals surface area contributed by atoms with Crippen LogP contribution in [-0.4, -0.2) is 81.7 Å². The quantitative estimate of drug-likeness (QED) is 0.304. The Morgan fingerprint density at radius 1 is 0.611 bits per heavy atom. The van der Waals surface area contributed by atoms with Gasteiger partial charge in [0.2, 0.25) is 35.4 Å². The highest BCUT2D eigenvalue weighted by Crippen LogP contribution is 2.44. The van der Waals surface area contributed by atoms with Crippen LogP contribution in [0.2, 0.25) is 0 Å². The van der Waals surface area contributed by atoms with Gasteiger partial charge in [-0.1, -0.05) is 15.9 Å². The SMILES string of the molecule is CC(C)(C)OC(=O)N1C(=O)CCC2(CC(=O)N(c3ccc(Br)cc3)C2)C1=O.CC(C)(C)OC(=O)N1C(=O)CCC2(CC(=O)N(c3ccc(N)cc3)C2)C1=O. The predicted molar refractivity (Wildman–Crippen MR) is 198 cm³/mol. The molecule has 0 aromatic heterocycles. The number of hydrogen-bond acceptors (Lipinski definition) is 11. The minimum absolute atomic E-state index is 0.00778. The van der Waals surface area contributed by atoms with Crippen molar-refractivity contribution in [3.05, 3.63) is 53.0 Å². The zero-order valence-corrected chi connectivity index (χ0v) is 32.7. The van der Waals surface area contributed by atoms with Gasteiger partial charge in [0.15, 0.2) is 0 Å². The maximum atomic E-state index is 13.1. The number of carbonyl (C=O) groups excluding carboxylic acids is 8. The molecule has 4 fully saturated rings. The molecule has 54 heavy (non-hydrogen) atoms. The largest absolute Gasteiger partial charge is 0.443 e. The number of anilines is 3. The Balaban J connectivity index is 0.000000208. The van der Waals surface area contributed by atoms with Crippen LogP contribution in [0.1, 0.15) is 80.1 Å². The van der Waals surface area contributed by atoms with Crippen molar-refractivity contribution in [2.75, 3.05) is 28.6 Å². The number of hydrogen-bond donors (Lipinski definition) is 1. The molecule has 0 aliphatic carbocycles. The first-order chi connectivity index (χ1) is 25.0. The normalized spacial score (nSPS) is 23.3. The highest BCUT2D eigenvalue weighted by atomic mass is 79.9. The molecule has 288 valence electrons. The Kier molecular flexibility index (Phi) is 10.8. The van der Waals surface area contributed by atoms with E-state index >= 15 is 0 Å². The maximum absolute atomic E-state index is 13.1. The molecule has 4 saturated heterocycles. The number of piperidine rings is 2. The Morgan fingerprint density at radius 3 is 1.31 bits per heavy atom. The molecule has 4 aliphatic heterocycles. The molecule has 2 spiro atoms. The van der Waals surface area contributed by atoms with E-state index in [2.05, 4.69) is 15.9 Å². The summed E-state index contributed by atoms with van der Waals surface area (Å²) in [5.74, 6) is -2.94. The van der Waals surface area contributed by atoms with Gasteiger partial charge < -0.3 is 25.0 Å². The molecule has 15 nitrogen and oxygen atoms in total. The highest BCUT2D eigenvalue weighted by molar-refractivity contribution is 9.10. The number of nitrogen functional groups attached to an aromatic ring is 1. The second kappa shape index (κ2) is 14.6. The van der Waals surface area contributed by atoms with Crippen molar-refractivity contribution in [1.29, 1.82) is 0 Å². The van der Waals surface area contributed by atoms with Crippen LogP contribution in [0.3, 0.4) is 0 Å². The standard InChI is InChI=1S/C19H21BrN2O5.C19H23N3O5/c2*1-18(2,3)27-17(26)22-14(23)8-9-19(16(22)25)10-15(24)21(11-19)13-6-4-12(20)5-7-13/h4-7H,8-11H2,1-3H3;4-7H,8-11,20H2,1-3H3. The first kappa shape index (κ1) is 40.1. The third-order valence-electron chi connectivity index (χ3n) is 9.45. The first-order valence-electron chi connectivity index (χ1n) is 17.5. The van der Waals surface area contributed by atoms with Crippen molar-refractivity contribution in [3.8, 4) is 0 Å². The molecule has 8 amide bonds. The second-order valence-electron chi connectivity index (χ2n) is 16.0. The summed E-state index contributed by atoms with van der Waals surface area (Å²) in [6.07, 6.45) is -1.57. The van der Waals surface area contributed by atoms with Crippen LogP contribution in [-0.2, 0) is 38.2 Å². The van der Waals surface area contributed by atoms with Gasteiger partial charge in [0.1, 0.15) is 11.2 Å². The fraction of sp³-hybridized carbons (Fsp3) is 0.474. The van der Waals surface area contributed by atoms with Crippen LogP contribution in [0.4, 0.5) is 26.7 Å². The van der Waals surface area contributed by atoms with Gasteiger partial charge in [0.25, 0.3) is 0 Å². The Labute approximate surface area is 321 Å².